The van der Waals surface area contributed by atoms with Crippen LogP contribution in [0.4, 0.5) is 0 Å². The Bertz CT molecular complexity index is 1020. The highest BCUT2D eigenvalue weighted by Crippen LogP contribution is 2.33. The Labute approximate surface area is 154 Å². The second-order valence-corrected chi connectivity index (χ2v) is 9.38. The molecule has 3 aromatic rings. The number of piperidine rings is 1. The molecule has 0 aliphatic carbocycles. The molecule has 0 amide bonds. The van der Waals surface area contributed by atoms with Crippen molar-refractivity contribution in [3.63, 3.8) is 0 Å². The largest absolute Gasteiger partial charge is 0.243 e. The lowest BCUT2D eigenvalue weighted by molar-refractivity contribution is 0.318. The Morgan fingerprint density at radius 1 is 1.24 bits per heavy atom. The first-order chi connectivity index (χ1) is 11.9. The highest BCUT2D eigenvalue weighted by molar-refractivity contribution is 7.89. The van der Waals surface area contributed by atoms with Crippen LogP contribution in [0.15, 0.2) is 29.2 Å². The van der Waals surface area contributed by atoms with Gasteiger partial charge in [-0.1, -0.05) is 29.0 Å². The number of benzene rings is 1. The molecule has 0 radical (unpaired) electrons. The molecule has 1 saturated heterocycles. The van der Waals surface area contributed by atoms with E-state index in [9.17, 15) is 8.42 Å². The van der Waals surface area contributed by atoms with Crippen LogP contribution < -0.4 is 0 Å². The number of fused-ring (bicyclic) bond motifs is 1. The van der Waals surface area contributed by atoms with E-state index in [0.29, 0.717) is 18.1 Å². The molecule has 1 fully saturated rings. The summed E-state index contributed by atoms with van der Waals surface area (Å²) in [6.45, 7) is 2.81. The van der Waals surface area contributed by atoms with Crippen molar-refractivity contribution >= 4 is 37.9 Å². The van der Waals surface area contributed by atoms with Gasteiger partial charge in [0, 0.05) is 24.0 Å². The fraction of sp³-hybridized carbons (Fsp3) is 0.400. The fourth-order valence-corrected chi connectivity index (χ4v) is 5.84. The highest BCUT2D eigenvalue weighted by atomic mass is 35.5. The van der Waals surface area contributed by atoms with Gasteiger partial charge in [0.25, 0.3) is 0 Å². The van der Waals surface area contributed by atoms with Crippen molar-refractivity contribution in [1.82, 2.24) is 24.1 Å². The molecule has 0 saturated carbocycles. The lowest BCUT2D eigenvalue weighted by atomic mass is 9.99. The standard InChI is InChI=1S/C15H16ClN5O2S2/c1-10-17-18-15-21(10)19-14(24-15)11-5-7-20(8-6-11)25(22,23)13-4-2-3-12(16)9-13/h2-4,9,11H,5-8H2,1H3. The average Bonchev–Trinajstić information content (AvgIpc) is 3.17. The smallest absolute Gasteiger partial charge is 0.207 e. The summed E-state index contributed by atoms with van der Waals surface area (Å²) in [4.78, 5) is 1.02. The summed E-state index contributed by atoms with van der Waals surface area (Å²) < 4.78 is 28.8. The molecule has 0 unspecified atom stereocenters. The minimum absolute atomic E-state index is 0.243. The van der Waals surface area contributed by atoms with E-state index in [-0.39, 0.29) is 10.8 Å². The summed E-state index contributed by atoms with van der Waals surface area (Å²) in [5.41, 5.74) is 0. The zero-order valence-electron chi connectivity index (χ0n) is 13.5. The van der Waals surface area contributed by atoms with E-state index in [1.165, 1.54) is 21.7 Å². The van der Waals surface area contributed by atoms with Crippen LogP contribution in [0.2, 0.25) is 5.02 Å². The number of hydrogen-bond donors (Lipinski definition) is 0. The van der Waals surface area contributed by atoms with Crippen molar-refractivity contribution in [2.45, 2.75) is 30.6 Å². The second kappa shape index (κ2) is 6.31. The van der Waals surface area contributed by atoms with Gasteiger partial charge in [-0.15, -0.1) is 10.2 Å². The Balaban J connectivity index is 1.51. The van der Waals surface area contributed by atoms with Gasteiger partial charge < -0.3 is 0 Å². The normalized spacial score (nSPS) is 17.4. The molecule has 10 heteroatoms. The third kappa shape index (κ3) is 3.05. The molecule has 0 atom stereocenters. The minimum Gasteiger partial charge on any atom is -0.207 e. The zero-order chi connectivity index (χ0) is 17.6. The molecule has 1 aliphatic heterocycles. The lowest BCUT2D eigenvalue weighted by Gasteiger charge is -2.30. The quantitative estimate of drug-likeness (QED) is 0.678. The van der Waals surface area contributed by atoms with Crippen LogP contribution >= 0.6 is 22.9 Å². The summed E-state index contributed by atoms with van der Waals surface area (Å²) in [7, 11) is -3.51. The van der Waals surface area contributed by atoms with Crippen molar-refractivity contribution in [3.05, 3.63) is 40.1 Å². The summed E-state index contributed by atoms with van der Waals surface area (Å²) in [5, 5.41) is 14.1. The van der Waals surface area contributed by atoms with Gasteiger partial charge >= 0.3 is 0 Å². The predicted octanol–water partition coefficient (Wildman–Crippen LogP) is 2.72. The van der Waals surface area contributed by atoms with Crippen LogP contribution in [0.1, 0.15) is 29.6 Å². The van der Waals surface area contributed by atoms with Gasteiger partial charge in [-0.3, -0.25) is 0 Å². The van der Waals surface area contributed by atoms with Crippen molar-refractivity contribution in [1.29, 1.82) is 0 Å². The van der Waals surface area contributed by atoms with Crippen LogP contribution in [0.5, 0.6) is 0 Å². The Kier molecular flexibility index (Phi) is 4.27. The van der Waals surface area contributed by atoms with Gasteiger partial charge in [0.15, 0.2) is 5.82 Å². The summed E-state index contributed by atoms with van der Waals surface area (Å²) in [5.74, 6) is 1.01. The molecule has 4 rings (SSSR count). The summed E-state index contributed by atoms with van der Waals surface area (Å²) in [6, 6.07) is 6.40. The molecule has 2 aromatic heterocycles. The average molecular weight is 398 g/mol. The van der Waals surface area contributed by atoms with Crippen molar-refractivity contribution in [3.8, 4) is 0 Å². The van der Waals surface area contributed by atoms with Crippen LogP contribution in [0, 0.1) is 6.92 Å². The third-order valence-corrected chi connectivity index (χ3v) is 7.59. The molecule has 25 heavy (non-hydrogen) atoms. The number of nitrogens with zero attached hydrogens (tertiary/aromatic N) is 5. The van der Waals surface area contributed by atoms with Gasteiger partial charge in [-0.05, 0) is 38.0 Å². The number of hydrogen-bond acceptors (Lipinski definition) is 6. The van der Waals surface area contributed by atoms with E-state index in [4.69, 9.17) is 11.6 Å². The molecular weight excluding hydrogens is 382 g/mol. The Morgan fingerprint density at radius 2 is 2.00 bits per heavy atom. The number of sulfonamides is 1. The van der Waals surface area contributed by atoms with Gasteiger partial charge in [0.2, 0.25) is 15.0 Å². The molecule has 3 heterocycles. The molecular formula is C15H16ClN5O2S2. The maximum atomic E-state index is 12.8. The van der Waals surface area contributed by atoms with Crippen LogP contribution in [0.25, 0.3) is 4.96 Å². The molecule has 0 spiro atoms. The first-order valence-electron chi connectivity index (χ1n) is 7.89. The van der Waals surface area contributed by atoms with Crippen molar-refractivity contribution in [2.75, 3.05) is 13.1 Å². The summed E-state index contributed by atoms with van der Waals surface area (Å²) in [6.07, 6.45) is 1.48. The number of rotatable bonds is 3. The Morgan fingerprint density at radius 3 is 2.68 bits per heavy atom. The SMILES string of the molecule is Cc1nnc2sc(C3CCN(S(=O)(=O)c4cccc(Cl)c4)CC3)nn12. The van der Waals surface area contributed by atoms with Gasteiger partial charge in [0.1, 0.15) is 5.01 Å². The van der Waals surface area contributed by atoms with E-state index in [1.807, 2.05) is 6.92 Å². The number of aryl methyl sites for hydroxylation is 1. The maximum Gasteiger partial charge on any atom is 0.243 e. The third-order valence-electron chi connectivity index (χ3n) is 4.40. The summed E-state index contributed by atoms with van der Waals surface area (Å²) >= 11 is 7.46. The molecule has 0 N–H and O–H groups in total. The predicted molar refractivity (Wildman–Crippen MR) is 95.6 cm³/mol. The molecule has 1 aromatic carbocycles. The van der Waals surface area contributed by atoms with Crippen LogP contribution in [-0.4, -0.2) is 45.6 Å². The lowest BCUT2D eigenvalue weighted by Crippen LogP contribution is -2.37. The topological polar surface area (TPSA) is 80.5 Å². The van der Waals surface area contributed by atoms with Gasteiger partial charge in [-0.2, -0.15) is 13.9 Å². The van der Waals surface area contributed by atoms with Crippen LogP contribution in [0.3, 0.4) is 0 Å². The highest BCUT2D eigenvalue weighted by Gasteiger charge is 2.31. The Hall–Kier alpha value is -1.55. The fourth-order valence-electron chi connectivity index (χ4n) is 3.01. The van der Waals surface area contributed by atoms with Crippen LogP contribution in [-0.2, 0) is 10.0 Å². The van der Waals surface area contributed by atoms with Gasteiger partial charge in [-0.25, -0.2) is 8.42 Å². The van der Waals surface area contributed by atoms with E-state index in [0.717, 1.165) is 28.6 Å². The van der Waals surface area contributed by atoms with Gasteiger partial charge in [0.05, 0.1) is 4.90 Å². The maximum absolute atomic E-state index is 12.8. The van der Waals surface area contributed by atoms with Crippen molar-refractivity contribution in [2.24, 2.45) is 0 Å². The zero-order valence-corrected chi connectivity index (χ0v) is 15.9. The van der Waals surface area contributed by atoms with E-state index >= 15 is 0 Å². The van der Waals surface area contributed by atoms with E-state index in [2.05, 4.69) is 15.3 Å². The van der Waals surface area contributed by atoms with Crippen molar-refractivity contribution < 1.29 is 8.42 Å². The number of halogens is 1. The molecule has 0 bridgehead atoms. The minimum atomic E-state index is -3.51. The monoisotopic (exact) mass is 397 g/mol. The number of aromatic nitrogens is 4. The van der Waals surface area contributed by atoms with E-state index < -0.39 is 10.0 Å². The molecule has 1 aliphatic rings. The molecule has 7 nitrogen and oxygen atoms in total. The first-order valence-corrected chi connectivity index (χ1v) is 10.5. The van der Waals surface area contributed by atoms with E-state index in [1.54, 1.807) is 22.7 Å². The second-order valence-electron chi connectivity index (χ2n) is 6.02. The first kappa shape index (κ1) is 16.9. The molecule has 132 valence electrons.